The summed E-state index contributed by atoms with van der Waals surface area (Å²) in [5.41, 5.74) is 2.14. The summed E-state index contributed by atoms with van der Waals surface area (Å²) >= 11 is 1.74. The third-order valence-electron chi connectivity index (χ3n) is 6.49. The average Bonchev–Trinajstić information content (AvgIpc) is 3.54. The molecule has 5 rings (SSSR count). The average molecular weight is 468 g/mol. The van der Waals surface area contributed by atoms with Crippen molar-refractivity contribution in [1.29, 1.82) is 0 Å². The second-order valence-corrected chi connectivity index (χ2v) is 9.44. The van der Waals surface area contributed by atoms with Crippen LogP contribution in [0.15, 0.2) is 58.5 Å². The van der Waals surface area contributed by atoms with E-state index in [9.17, 15) is 14.0 Å². The summed E-state index contributed by atoms with van der Waals surface area (Å²) in [4.78, 5) is 32.6. The molecule has 0 spiro atoms. The predicted octanol–water partition coefficient (Wildman–Crippen LogP) is 3.80. The Morgan fingerprint density at radius 2 is 1.85 bits per heavy atom. The summed E-state index contributed by atoms with van der Waals surface area (Å²) in [6.45, 7) is 3.49. The molecule has 1 fully saturated rings. The van der Waals surface area contributed by atoms with Crippen molar-refractivity contribution in [2.45, 2.75) is 18.9 Å². The minimum absolute atomic E-state index is 0.0359. The number of hydrogen-bond donors (Lipinski definition) is 0. The first kappa shape index (κ1) is 21.9. The first-order chi connectivity index (χ1) is 16.1. The second kappa shape index (κ2) is 9.49. The number of fused-ring (bicyclic) bond motifs is 1. The van der Waals surface area contributed by atoms with E-state index in [4.69, 9.17) is 4.42 Å². The van der Waals surface area contributed by atoms with Crippen molar-refractivity contribution in [2.24, 2.45) is 0 Å². The Balaban J connectivity index is 1.21. The van der Waals surface area contributed by atoms with Crippen LogP contribution in [0.1, 0.15) is 39.0 Å². The Kier molecular flexibility index (Phi) is 6.28. The predicted molar refractivity (Wildman–Crippen MR) is 124 cm³/mol. The normalized spacial score (nSPS) is 18.9. The molecule has 0 saturated carbocycles. The van der Waals surface area contributed by atoms with Crippen molar-refractivity contribution in [3.63, 3.8) is 0 Å². The molecule has 2 aliphatic rings. The van der Waals surface area contributed by atoms with Gasteiger partial charge in [-0.3, -0.25) is 14.5 Å². The number of furan rings is 1. The maximum atomic E-state index is 14.0. The Bertz CT molecular complexity index is 1120. The zero-order valence-corrected chi connectivity index (χ0v) is 19.1. The van der Waals surface area contributed by atoms with Crippen LogP contribution in [0.3, 0.4) is 0 Å². The summed E-state index contributed by atoms with van der Waals surface area (Å²) in [5.74, 6) is 0.0445. The summed E-state index contributed by atoms with van der Waals surface area (Å²) in [5, 5.41) is 2.09. The van der Waals surface area contributed by atoms with Gasteiger partial charge in [0.05, 0.1) is 12.3 Å². The van der Waals surface area contributed by atoms with Gasteiger partial charge in [-0.1, -0.05) is 12.1 Å². The fraction of sp³-hybridized carbons (Fsp3) is 0.360. The number of rotatable bonds is 5. The molecule has 1 unspecified atom stereocenters. The third-order valence-corrected chi connectivity index (χ3v) is 7.49. The molecule has 2 aromatic heterocycles. The lowest BCUT2D eigenvalue weighted by atomic mass is 9.93. The van der Waals surface area contributed by atoms with E-state index in [0.29, 0.717) is 44.9 Å². The Morgan fingerprint density at radius 1 is 1.03 bits per heavy atom. The number of halogens is 1. The monoisotopic (exact) mass is 467 g/mol. The fourth-order valence-corrected chi connectivity index (χ4v) is 5.69. The van der Waals surface area contributed by atoms with Crippen LogP contribution >= 0.6 is 11.3 Å². The largest absolute Gasteiger partial charge is 0.459 e. The summed E-state index contributed by atoms with van der Waals surface area (Å²) in [7, 11) is 0. The standard InChI is InChI=1S/C25H26FN3O3S/c26-19-4-1-3-18(17-19)24-20-8-16-33-22(20)6-9-28(24)10-7-23(30)27-11-13-29(14-12-27)25(31)21-5-2-15-32-21/h1-5,8,15-17,24H,6-7,9-14H2. The van der Waals surface area contributed by atoms with Gasteiger partial charge in [-0.05, 0) is 53.3 Å². The molecule has 1 aromatic carbocycles. The van der Waals surface area contributed by atoms with Crippen molar-refractivity contribution < 1.29 is 18.4 Å². The highest BCUT2D eigenvalue weighted by Crippen LogP contribution is 2.38. The van der Waals surface area contributed by atoms with E-state index in [1.807, 2.05) is 11.0 Å². The maximum absolute atomic E-state index is 14.0. The van der Waals surface area contributed by atoms with Gasteiger partial charge in [0, 0.05) is 50.6 Å². The molecular weight excluding hydrogens is 441 g/mol. The van der Waals surface area contributed by atoms with Crippen molar-refractivity contribution in [2.75, 3.05) is 39.3 Å². The number of benzene rings is 1. The van der Waals surface area contributed by atoms with E-state index < -0.39 is 0 Å². The van der Waals surface area contributed by atoms with Gasteiger partial charge in [-0.25, -0.2) is 4.39 Å². The lowest BCUT2D eigenvalue weighted by molar-refractivity contribution is -0.133. The number of carbonyl (C=O) groups is 2. The molecule has 0 aliphatic carbocycles. The van der Waals surface area contributed by atoms with Crippen molar-refractivity contribution in [3.05, 3.63) is 81.7 Å². The third kappa shape index (κ3) is 4.58. The first-order valence-electron chi connectivity index (χ1n) is 11.3. The van der Waals surface area contributed by atoms with Crippen LogP contribution in [0.25, 0.3) is 0 Å². The number of carbonyl (C=O) groups excluding carboxylic acids is 2. The molecule has 172 valence electrons. The van der Waals surface area contributed by atoms with Crippen molar-refractivity contribution in [3.8, 4) is 0 Å². The Hall–Kier alpha value is -2.97. The van der Waals surface area contributed by atoms with E-state index in [-0.39, 0.29) is 23.7 Å². The lowest BCUT2D eigenvalue weighted by Gasteiger charge is -2.37. The fourth-order valence-electron chi connectivity index (χ4n) is 4.79. The molecule has 4 heterocycles. The van der Waals surface area contributed by atoms with E-state index in [2.05, 4.69) is 16.3 Å². The van der Waals surface area contributed by atoms with E-state index in [1.165, 1.54) is 22.8 Å². The van der Waals surface area contributed by atoms with Gasteiger partial charge in [-0.2, -0.15) is 0 Å². The summed E-state index contributed by atoms with van der Waals surface area (Å²) in [6.07, 6.45) is 2.84. The van der Waals surface area contributed by atoms with Crippen LogP contribution in [-0.2, 0) is 11.2 Å². The number of amides is 2. The topological polar surface area (TPSA) is 57.0 Å². The van der Waals surface area contributed by atoms with Crippen LogP contribution in [0.4, 0.5) is 4.39 Å². The van der Waals surface area contributed by atoms with Gasteiger partial charge in [0.1, 0.15) is 5.82 Å². The molecule has 1 atom stereocenters. The zero-order chi connectivity index (χ0) is 22.8. The molecular formula is C25H26FN3O3S. The smallest absolute Gasteiger partial charge is 0.289 e. The highest BCUT2D eigenvalue weighted by Gasteiger charge is 2.31. The summed E-state index contributed by atoms with van der Waals surface area (Å²) in [6, 6.07) is 12.2. The second-order valence-electron chi connectivity index (χ2n) is 8.44. The van der Waals surface area contributed by atoms with Gasteiger partial charge in [-0.15, -0.1) is 11.3 Å². The molecule has 33 heavy (non-hydrogen) atoms. The minimum Gasteiger partial charge on any atom is -0.459 e. The highest BCUT2D eigenvalue weighted by molar-refractivity contribution is 7.10. The quantitative estimate of drug-likeness (QED) is 0.573. The SMILES string of the molecule is O=C(CCN1CCc2sccc2C1c1cccc(F)c1)N1CCN(C(=O)c2ccco2)CC1. The van der Waals surface area contributed by atoms with Gasteiger partial charge < -0.3 is 14.2 Å². The van der Waals surface area contributed by atoms with Crippen LogP contribution < -0.4 is 0 Å². The van der Waals surface area contributed by atoms with Crippen LogP contribution in [0.5, 0.6) is 0 Å². The molecule has 2 aliphatic heterocycles. The molecule has 2 amide bonds. The molecule has 8 heteroatoms. The first-order valence-corrected chi connectivity index (χ1v) is 12.1. The lowest BCUT2D eigenvalue weighted by Crippen LogP contribution is -2.51. The molecule has 6 nitrogen and oxygen atoms in total. The van der Waals surface area contributed by atoms with Crippen molar-refractivity contribution in [1.82, 2.24) is 14.7 Å². The van der Waals surface area contributed by atoms with Gasteiger partial charge in [0.2, 0.25) is 5.91 Å². The maximum Gasteiger partial charge on any atom is 0.289 e. The molecule has 0 radical (unpaired) electrons. The van der Waals surface area contributed by atoms with Crippen LogP contribution in [-0.4, -0.2) is 65.8 Å². The van der Waals surface area contributed by atoms with E-state index in [1.54, 1.807) is 40.5 Å². The number of hydrogen-bond acceptors (Lipinski definition) is 5. The molecule has 0 bridgehead atoms. The Labute approximate surface area is 196 Å². The van der Waals surface area contributed by atoms with Gasteiger partial charge >= 0.3 is 0 Å². The summed E-state index contributed by atoms with van der Waals surface area (Å²) < 4.78 is 19.2. The molecule has 3 aromatic rings. The van der Waals surface area contributed by atoms with Gasteiger partial charge in [0.25, 0.3) is 5.91 Å². The van der Waals surface area contributed by atoms with E-state index >= 15 is 0 Å². The number of piperazine rings is 1. The van der Waals surface area contributed by atoms with Crippen molar-refractivity contribution >= 4 is 23.2 Å². The van der Waals surface area contributed by atoms with Crippen LogP contribution in [0.2, 0.25) is 0 Å². The number of thiophene rings is 1. The highest BCUT2D eigenvalue weighted by atomic mass is 32.1. The van der Waals surface area contributed by atoms with E-state index in [0.717, 1.165) is 18.5 Å². The minimum atomic E-state index is -0.243. The Morgan fingerprint density at radius 3 is 2.61 bits per heavy atom. The molecule has 0 N–H and O–H groups in total. The van der Waals surface area contributed by atoms with Crippen LogP contribution in [0, 0.1) is 5.82 Å². The zero-order valence-electron chi connectivity index (χ0n) is 18.3. The van der Waals surface area contributed by atoms with Gasteiger partial charge in [0.15, 0.2) is 5.76 Å². The number of nitrogens with zero attached hydrogens (tertiary/aromatic N) is 3. The molecule has 1 saturated heterocycles.